The van der Waals surface area contributed by atoms with E-state index in [4.69, 9.17) is 16.3 Å². The third-order valence-electron chi connectivity index (χ3n) is 3.38. The van der Waals surface area contributed by atoms with Gasteiger partial charge in [0.05, 0.1) is 12.1 Å². The third kappa shape index (κ3) is 4.99. The van der Waals surface area contributed by atoms with Crippen molar-refractivity contribution in [3.8, 4) is 5.75 Å². The number of carbonyl (C=O) groups is 2. The van der Waals surface area contributed by atoms with Crippen LogP contribution in [0.3, 0.4) is 0 Å². The Morgan fingerprint density at radius 1 is 1.12 bits per heavy atom. The normalized spacial score (nSPS) is 10.1. The molecule has 0 aromatic heterocycles. The molecule has 2 N–H and O–H groups in total. The smallest absolute Gasteiger partial charge is 0.251 e. The number of hydrogen-bond acceptors (Lipinski definition) is 3. The van der Waals surface area contributed by atoms with Crippen molar-refractivity contribution in [2.45, 2.75) is 13.3 Å². The fraction of sp³-hybridized carbons (Fsp3) is 0.222. The molecule has 126 valence electrons. The van der Waals surface area contributed by atoms with Crippen molar-refractivity contribution in [1.82, 2.24) is 5.32 Å². The van der Waals surface area contributed by atoms with Crippen LogP contribution in [0.1, 0.15) is 22.8 Å². The van der Waals surface area contributed by atoms with Crippen molar-refractivity contribution in [3.05, 3.63) is 58.6 Å². The van der Waals surface area contributed by atoms with Crippen LogP contribution in [-0.4, -0.2) is 25.5 Å². The molecule has 24 heavy (non-hydrogen) atoms. The quantitative estimate of drug-likeness (QED) is 0.843. The van der Waals surface area contributed by atoms with E-state index in [1.807, 2.05) is 12.1 Å². The molecule has 0 aliphatic carbocycles. The maximum Gasteiger partial charge on any atom is 0.251 e. The monoisotopic (exact) mass is 346 g/mol. The first-order valence-corrected chi connectivity index (χ1v) is 7.85. The standard InChI is InChI=1S/C18H19ClN2O3/c1-12(22)21-15-6-4-14(5-7-15)18(23)20-10-9-13-3-8-17(24-2)16(19)11-13/h3-8,11H,9-10H2,1-2H3,(H,20,23)(H,21,22). The molecule has 0 fully saturated rings. The van der Waals surface area contributed by atoms with Crippen LogP contribution in [0.2, 0.25) is 5.02 Å². The summed E-state index contributed by atoms with van der Waals surface area (Å²) in [6.07, 6.45) is 0.666. The summed E-state index contributed by atoms with van der Waals surface area (Å²) >= 11 is 6.08. The van der Waals surface area contributed by atoms with E-state index < -0.39 is 0 Å². The van der Waals surface area contributed by atoms with Crippen molar-refractivity contribution in [2.75, 3.05) is 19.0 Å². The van der Waals surface area contributed by atoms with E-state index in [0.717, 1.165) is 5.56 Å². The molecule has 0 unspecified atom stereocenters. The van der Waals surface area contributed by atoms with Gasteiger partial charge in [0.2, 0.25) is 5.91 Å². The molecule has 2 amide bonds. The predicted molar refractivity (Wildman–Crippen MR) is 94.8 cm³/mol. The molecule has 0 saturated carbocycles. The number of anilines is 1. The van der Waals surface area contributed by atoms with E-state index in [1.54, 1.807) is 37.4 Å². The van der Waals surface area contributed by atoms with Gasteiger partial charge in [-0.3, -0.25) is 9.59 Å². The van der Waals surface area contributed by atoms with E-state index in [2.05, 4.69) is 10.6 Å². The molecule has 0 aliphatic heterocycles. The second-order valence-corrected chi connectivity index (χ2v) is 5.64. The minimum Gasteiger partial charge on any atom is -0.495 e. The van der Waals surface area contributed by atoms with Crippen LogP contribution >= 0.6 is 11.6 Å². The molecular weight excluding hydrogens is 328 g/mol. The van der Waals surface area contributed by atoms with Gasteiger partial charge < -0.3 is 15.4 Å². The lowest BCUT2D eigenvalue weighted by atomic mass is 10.1. The highest BCUT2D eigenvalue weighted by atomic mass is 35.5. The van der Waals surface area contributed by atoms with Crippen LogP contribution in [-0.2, 0) is 11.2 Å². The number of nitrogens with one attached hydrogen (secondary N) is 2. The predicted octanol–water partition coefficient (Wildman–Crippen LogP) is 3.28. The largest absolute Gasteiger partial charge is 0.495 e. The zero-order chi connectivity index (χ0) is 17.5. The molecule has 2 aromatic carbocycles. The summed E-state index contributed by atoms with van der Waals surface area (Å²) in [6.45, 7) is 1.93. The van der Waals surface area contributed by atoms with E-state index in [9.17, 15) is 9.59 Å². The molecular formula is C18H19ClN2O3. The summed E-state index contributed by atoms with van der Waals surface area (Å²) in [4.78, 5) is 23.1. The molecule has 5 nitrogen and oxygen atoms in total. The summed E-state index contributed by atoms with van der Waals surface area (Å²) in [5.74, 6) is 0.318. The molecule has 0 bridgehead atoms. The maximum atomic E-state index is 12.1. The second-order valence-electron chi connectivity index (χ2n) is 5.23. The zero-order valence-corrected chi connectivity index (χ0v) is 14.3. The Morgan fingerprint density at radius 3 is 2.42 bits per heavy atom. The van der Waals surface area contributed by atoms with Gasteiger partial charge in [0.15, 0.2) is 0 Å². The molecule has 0 spiro atoms. The fourth-order valence-electron chi connectivity index (χ4n) is 2.20. The van der Waals surface area contributed by atoms with Crippen molar-refractivity contribution < 1.29 is 14.3 Å². The average molecular weight is 347 g/mol. The molecule has 0 atom stereocenters. The number of halogens is 1. The topological polar surface area (TPSA) is 67.4 Å². The number of hydrogen-bond donors (Lipinski definition) is 2. The van der Waals surface area contributed by atoms with Crippen LogP contribution in [0, 0.1) is 0 Å². The van der Waals surface area contributed by atoms with Gasteiger partial charge >= 0.3 is 0 Å². The second kappa shape index (κ2) is 8.36. The van der Waals surface area contributed by atoms with Gasteiger partial charge in [-0.25, -0.2) is 0 Å². The number of methoxy groups -OCH3 is 1. The van der Waals surface area contributed by atoms with Crippen molar-refractivity contribution in [2.24, 2.45) is 0 Å². The molecule has 0 saturated heterocycles. The lowest BCUT2D eigenvalue weighted by Crippen LogP contribution is -2.25. The van der Waals surface area contributed by atoms with Gasteiger partial charge in [0, 0.05) is 24.7 Å². The first-order chi connectivity index (χ1) is 11.5. The lowest BCUT2D eigenvalue weighted by Gasteiger charge is -2.08. The van der Waals surface area contributed by atoms with Gasteiger partial charge in [-0.15, -0.1) is 0 Å². The van der Waals surface area contributed by atoms with Crippen LogP contribution in [0.15, 0.2) is 42.5 Å². The summed E-state index contributed by atoms with van der Waals surface area (Å²) in [6, 6.07) is 12.3. The Labute approximate surface area is 146 Å². The summed E-state index contributed by atoms with van der Waals surface area (Å²) in [5.41, 5.74) is 2.21. The first kappa shape index (κ1) is 17.8. The van der Waals surface area contributed by atoms with E-state index >= 15 is 0 Å². The minimum absolute atomic E-state index is 0.148. The average Bonchev–Trinajstić information content (AvgIpc) is 2.55. The lowest BCUT2D eigenvalue weighted by molar-refractivity contribution is -0.114. The van der Waals surface area contributed by atoms with Crippen LogP contribution in [0.5, 0.6) is 5.75 Å². The van der Waals surface area contributed by atoms with Gasteiger partial charge in [0.25, 0.3) is 5.91 Å². The zero-order valence-electron chi connectivity index (χ0n) is 13.6. The van der Waals surface area contributed by atoms with Crippen LogP contribution in [0.4, 0.5) is 5.69 Å². The van der Waals surface area contributed by atoms with Gasteiger partial charge in [-0.05, 0) is 48.4 Å². The Balaban J connectivity index is 1.86. The fourth-order valence-corrected chi connectivity index (χ4v) is 2.48. The van der Waals surface area contributed by atoms with Crippen molar-refractivity contribution in [1.29, 1.82) is 0 Å². The van der Waals surface area contributed by atoms with Crippen LogP contribution < -0.4 is 15.4 Å². The van der Waals surface area contributed by atoms with Gasteiger partial charge in [-0.2, -0.15) is 0 Å². The highest BCUT2D eigenvalue weighted by Gasteiger charge is 2.06. The number of ether oxygens (including phenoxy) is 1. The highest BCUT2D eigenvalue weighted by Crippen LogP contribution is 2.24. The molecule has 2 aromatic rings. The first-order valence-electron chi connectivity index (χ1n) is 7.48. The SMILES string of the molecule is COc1ccc(CCNC(=O)c2ccc(NC(C)=O)cc2)cc1Cl. The number of rotatable bonds is 6. The van der Waals surface area contributed by atoms with Crippen molar-refractivity contribution >= 4 is 29.1 Å². The van der Waals surface area contributed by atoms with Crippen molar-refractivity contribution in [3.63, 3.8) is 0 Å². The van der Waals surface area contributed by atoms with Gasteiger partial charge in [0.1, 0.15) is 5.75 Å². The Kier molecular flexibility index (Phi) is 6.21. The van der Waals surface area contributed by atoms with E-state index in [1.165, 1.54) is 6.92 Å². The third-order valence-corrected chi connectivity index (χ3v) is 3.68. The molecule has 2 rings (SSSR count). The molecule has 0 heterocycles. The number of benzene rings is 2. The van der Waals surface area contributed by atoms with Gasteiger partial charge in [-0.1, -0.05) is 17.7 Å². The summed E-state index contributed by atoms with van der Waals surface area (Å²) < 4.78 is 5.11. The number of amides is 2. The van der Waals surface area contributed by atoms with E-state index in [0.29, 0.717) is 35.0 Å². The highest BCUT2D eigenvalue weighted by molar-refractivity contribution is 6.32. The summed E-state index contributed by atoms with van der Waals surface area (Å²) in [5, 5.41) is 6.06. The Bertz CT molecular complexity index is 730. The molecule has 6 heteroatoms. The Morgan fingerprint density at radius 2 is 1.83 bits per heavy atom. The minimum atomic E-state index is -0.163. The number of carbonyl (C=O) groups excluding carboxylic acids is 2. The maximum absolute atomic E-state index is 12.1. The van der Waals surface area contributed by atoms with Crippen LogP contribution in [0.25, 0.3) is 0 Å². The molecule has 0 radical (unpaired) electrons. The Hall–Kier alpha value is -2.53. The van der Waals surface area contributed by atoms with E-state index in [-0.39, 0.29) is 11.8 Å². The summed E-state index contributed by atoms with van der Waals surface area (Å²) in [7, 11) is 1.57. The molecule has 0 aliphatic rings.